The lowest BCUT2D eigenvalue weighted by Gasteiger charge is -2.09. The van der Waals surface area contributed by atoms with E-state index in [0.717, 1.165) is 56.1 Å². The number of ether oxygens (including phenoxy) is 2. The van der Waals surface area contributed by atoms with Crippen LogP contribution in [-0.2, 0) is 0 Å². The maximum Gasteiger partial charge on any atom is 0.145 e. The summed E-state index contributed by atoms with van der Waals surface area (Å²) < 4.78 is 13.2. The number of aromatic nitrogens is 4. The van der Waals surface area contributed by atoms with Gasteiger partial charge in [-0.25, -0.2) is 9.97 Å². The molecule has 0 aliphatic heterocycles. The minimum absolute atomic E-state index is 0.679. The predicted octanol–water partition coefficient (Wildman–Crippen LogP) is 8.78. The summed E-state index contributed by atoms with van der Waals surface area (Å²) in [5.74, 6) is 1.80. The first-order chi connectivity index (χ1) is 20.2. The summed E-state index contributed by atoms with van der Waals surface area (Å²) in [5, 5.41) is 5.53. The predicted molar refractivity (Wildman–Crippen MR) is 168 cm³/mol. The fourth-order valence-corrected chi connectivity index (χ4v) is 5.51. The number of hydrogen-bond donors (Lipinski definition) is 1. The second-order valence-electron chi connectivity index (χ2n) is 9.27. The lowest BCUT2D eigenvalue weighted by atomic mass is 10.1. The Morgan fingerprint density at radius 2 is 1.37 bits per heavy atom. The monoisotopic (exact) mass is 558 g/mol. The first-order valence-corrected chi connectivity index (χ1v) is 14.5. The van der Waals surface area contributed by atoms with Crippen molar-refractivity contribution in [3.8, 4) is 39.0 Å². The fraction of sp³-hybridized carbons (Fsp3) is 0.118. The quantitative estimate of drug-likeness (QED) is 0.212. The highest BCUT2D eigenvalue weighted by molar-refractivity contribution is 7.12. The van der Waals surface area contributed by atoms with Crippen LogP contribution in [0.4, 0.5) is 0 Å². The van der Waals surface area contributed by atoms with Crippen molar-refractivity contribution < 1.29 is 9.47 Å². The van der Waals surface area contributed by atoms with Gasteiger partial charge < -0.3 is 14.5 Å². The van der Waals surface area contributed by atoms with Crippen LogP contribution in [0.15, 0.2) is 115 Å². The molecule has 0 spiro atoms. The molecule has 0 bridgehead atoms. The van der Waals surface area contributed by atoms with Crippen LogP contribution in [0.5, 0.6) is 11.5 Å². The highest BCUT2D eigenvalue weighted by atomic mass is 32.1. The zero-order chi connectivity index (χ0) is 28.0. The zero-order valence-electron chi connectivity index (χ0n) is 23.0. The molecule has 6 nitrogen and oxygen atoms in total. The summed E-state index contributed by atoms with van der Waals surface area (Å²) >= 11 is 1.71. The van der Waals surface area contributed by atoms with Crippen molar-refractivity contribution in [3.63, 3.8) is 0 Å². The van der Waals surface area contributed by atoms with Gasteiger partial charge in [0.25, 0.3) is 0 Å². The minimum atomic E-state index is 0.679. The van der Waals surface area contributed by atoms with E-state index in [9.17, 15) is 0 Å². The number of nitrogens with zero attached hydrogens (tertiary/aromatic N) is 3. The van der Waals surface area contributed by atoms with E-state index in [2.05, 4.69) is 85.6 Å². The first-order valence-electron chi connectivity index (χ1n) is 13.6. The van der Waals surface area contributed by atoms with Crippen molar-refractivity contribution in [2.24, 2.45) is 0 Å². The maximum atomic E-state index is 5.54. The van der Waals surface area contributed by atoms with Gasteiger partial charge in [-0.3, -0.25) is 4.57 Å². The Morgan fingerprint density at radius 3 is 2.00 bits per heavy atom. The molecule has 2 aromatic carbocycles. The van der Waals surface area contributed by atoms with E-state index in [1.807, 2.05) is 56.4 Å². The number of benzene rings is 2. The highest BCUT2D eigenvalue weighted by Gasteiger charge is 2.14. The van der Waals surface area contributed by atoms with Gasteiger partial charge in [-0.05, 0) is 127 Å². The van der Waals surface area contributed by atoms with Crippen LogP contribution in [0.3, 0.4) is 0 Å². The molecule has 0 unspecified atom stereocenters. The molecular formula is C34H30N4O2S. The van der Waals surface area contributed by atoms with E-state index in [1.54, 1.807) is 17.5 Å². The lowest BCUT2D eigenvalue weighted by molar-refractivity contribution is 0.340. The molecule has 204 valence electrons. The van der Waals surface area contributed by atoms with Crippen LogP contribution < -0.4 is 9.47 Å². The van der Waals surface area contributed by atoms with E-state index >= 15 is 0 Å². The number of thiophene rings is 1. The third-order valence-electron chi connectivity index (χ3n) is 6.62. The Kier molecular flexibility index (Phi) is 7.78. The van der Waals surface area contributed by atoms with Crippen molar-refractivity contribution in [1.29, 1.82) is 0 Å². The van der Waals surface area contributed by atoms with E-state index in [-0.39, 0.29) is 0 Å². The molecule has 7 aromatic rings. The Hall–Kier alpha value is -4.88. The zero-order valence-corrected chi connectivity index (χ0v) is 23.8. The number of nitrogens with one attached hydrogen (secondary N) is 1. The number of rotatable bonds is 7. The second kappa shape index (κ2) is 12.1. The standard InChI is InChI=1S/C19H16N2OS.C15H14N2O/c1-2-22-16-9-7-14(8-10-16)17-13-15-5-3-11-20-19(15)21(17)18-6-4-12-23-18;1-2-18-13-7-5-11(6-8-13)14-10-12-4-3-9-16-15(12)17-14/h3-13H,2H2,1H3;3-10H,2H2,1H3,(H,16,17). The SMILES string of the molecule is CCOc1ccc(-c2cc3cccnc3[nH]2)cc1.CCOc1ccc(-c2cc3cccnc3n2-c2cccs2)cc1. The van der Waals surface area contributed by atoms with Gasteiger partial charge >= 0.3 is 0 Å². The van der Waals surface area contributed by atoms with E-state index in [1.165, 1.54) is 5.00 Å². The van der Waals surface area contributed by atoms with Crippen LogP contribution in [0, 0.1) is 0 Å². The fourth-order valence-electron chi connectivity index (χ4n) is 4.77. The van der Waals surface area contributed by atoms with Crippen LogP contribution in [-0.4, -0.2) is 32.7 Å². The lowest BCUT2D eigenvalue weighted by Crippen LogP contribution is -1.96. The summed E-state index contributed by atoms with van der Waals surface area (Å²) in [5.41, 5.74) is 6.41. The molecule has 0 saturated carbocycles. The molecule has 0 aliphatic carbocycles. The van der Waals surface area contributed by atoms with E-state index < -0.39 is 0 Å². The first kappa shape index (κ1) is 26.3. The molecule has 7 heteroatoms. The molecule has 0 aliphatic rings. The molecule has 0 saturated heterocycles. The molecular weight excluding hydrogens is 528 g/mol. The number of pyridine rings is 2. The third kappa shape index (κ3) is 5.71. The minimum Gasteiger partial charge on any atom is -0.494 e. The van der Waals surface area contributed by atoms with Crippen molar-refractivity contribution in [1.82, 2.24) is 19.5 Å². The van der Waals surface area contributed by atoms with Gasteiger partial charge in [0, 0.05) is 28.9 Å². The van der Waals surface area contributed by atoms with Gasteiger partial charge in [0.05, 0.1) is 18.9 Å². The topological polar surface area (TPSA) is 65.0 Å². The summed E-state index contributed by atoms with van der Waals surface area (Å²) in [7, 11) is 0. The van der Waals surface area contributed by atoms with Gasteiger partial charge in [0.2, 0.25) is 0 Å². The molecule has 41 heavy (non-hydrogen) atoms. The maximum absolute atomic E-state index is 5.54. The van der Waals surface area contributed by atoms with Crippen LogP contribution in [0.2, 0.25) is 0 Å². The van der Waals surface area contributed by atoms with E-state index in [4.69, 9.17) is 9.47 Å². The molecule has 1 N–H and O–H groups in total. The molecule has 0 fully saturated rings. The normalized spacial score (nSPS) is 10.9. The molecule has 0 atom stereocenters. The van der Waals surface area contributed by atoms with Gasteiger partial charge in [0.1, 0.15) is 27.8 Å². The summed E-state index contributed by atoms with van der Waals surface area (Å²) in [6, 6.07) is 32.9. The van der Waals surface area contributed by atoms with Gasteiger partial charge in [0.15, 0.2) is 0 Å². The average molecular weight is 559 g/mol. The molecule has 5 aromatic heterocycles. The van der Waals surface area contributed by atoms with Crippen LogP contribution in [0.1, 0.15) is 13.8 Å². The van der Waals surface area contributed by atoms with Gasteiger partial charge in [-0.2, -0.15) is 0 Å². The van der Waals surface area contributed by atoms with Crippen molar-refractivity contribution in [2.75, 3.05) is 13.2 Å². The Balaban J connectivity index is 0.000000152. The molecule has 7 rings (SSSR count). The Labute approximate surface area is 242 Å². The third-order valence-corrected chi connectivity index (χ3v) is 7.47. The van der Waals surface area contributed by atoms with Crippen LogP contribution >= 0.6 is 11.3 Å². The van der Waals surface area contributed by atoms with Gasteiger partial charge in [-0.15, -0.1) is 11.3 Å². The number of hydrogen-bond acceptors (Lipinski definition) is 5. The van der Waals surface area contributed by atoms with Crippen molar-refractivity contribution in [2.45, 2.75) is 13.8 Å². The molecule has 5 heterocycles. The van der Waals surface area contributed by atoms with Crippen LogP contribution in [0.25, 0.3) is 49.6 Å². The average Bonchev–Trinajstić information content (AvgIpc) is 3.77. The molecule has 0 amide bonds. The number of fused-ring (bicyclic) bond motifs is 2. The summed E-state index contributed by atoms with van der Waals surface area (Å²) in [6.07, 6.45) is 3.63. The van der Waals surface area contributed by atoms with Gasteiger partial charge in [-0.1, -0.05) is 0 Å². The number of aromatic amines is 1. The summed E-state index contributed by atoms with van der Waals surface area (Å²) in [4.78, 5) is 12.2. The molecule has 0 radical (unpaired) electrons. The number of H-pyrrole nitrogens is 1. The largest absolute Gasteiger partial charge is 0.494 e. The smallest absolute Gasteiger partial charge is 0.145 e. The Morgan fingerprint density at radius 1 is 0.707 bits per heavy atom. The summed E-state index contributed by atoms with van der Waals surface area (Å²) in [6.45, 7) is 5.35. The van der Waals surface area contributed by atoms with Crippen molar-refractivity contribution in [3.05, 3.63) is 115 Å². The highest BCUT2D eigenvalue weighted by Crippen LogP contribution is 2.33. The second-order valence-corrected chi connectivity index (χ2v) is 10.2. The van der Waals surface area contributed by atoms with E-state index in [0.29, 0.717) is 13.2 Å². The Bertz CT molecular complexity index is 1820. The van der Waals surface area contributed by atoms with Crippen molar-refractivity contribution >= 4 is 33.4 Å².